The predicted octanol–water partition coefficient (Wildman–Crippen LogP) is 0.830. The normalized spacial score (nSPS) is 8.53. The van der Waals surface area contributed by atoms with Gasteiger partial charge in [-0.05, 0) is 12.1 Å². The fourth-order valence-corrected chi connectivity index (χ4v) is 0.982. The quantitative estimate of drug-likeness (QED) is 0.729. The number of aldehydes is 1. The van der Waals surface area contributed by atoms with Gasteiger partial charge in [0.15, 0.2) is 11.5 Å². The second-order valence-electron chi connectivity index (χ2n) is 2.39. The van der Waals surface area contributed by atoms with Crippen molar-refractivity contribution >= 4 is 6.29 Å². The Balaban J connectivity index is 0.000000921. The van der Waals surface area contributed by atoms with Crippen molar-refractivity contribution in [2.75, 3.05) is 21.3 Å². The van der Waals surface area contributed by atoms with E-state index in [1.165, 1.54) is 26.4 Å². The van der Waals surface area contributed by atoms with Crippen molar-refractivity contribution in [3.05, 3.63) is 17.7 Å². The number of aliphatic hydroxyl groups is 1. The van der Waals surface area contributed by atoms with E-state index in [1.54, 1.807) is 0 Å². The fourth-order valence-electron chi connectivity index (χ4n) is 0.982. The molecule has 0 amide bonds. The zero-order chi connectivity index (χ0) is 11.8. The van der Waals surface area contributed by atoms with Crippen molar-refractivity contribution in [3.63, 3.8) is 0 Å². The summed E-state index contributed by atoms with van der Waals surface area (Å²) in [5.41, 5.74) is 0.395. The van der Waals surface area contributed by atoms with E-state index in [4.69, 9.17) is 14.6 Å². The first-order valence-corrected chi connectivity index (χ1v) is 4.07. The first-order chi connectivity index (χ1) is 7.22. The minimum Gasteiger partial charge on any atom is -0.502 e. The van der Waals surface area contributed by atoms with Crippen molar-refractivity contribution in [1.82, 2.24) is 0 Å². The van der Waals surface area contributed by atoms with Crippen molar-refractivity contribution in [3.8, 4) is 17.2 Å². The Bertz CT molecular complexity index is 297. The number of carbonyl (C=O) groups is 1. The van der Waals surface area contributed by atoms with Crippen LogP contribution in [0.25, 0.3) is 0 Å². The van der Waals surface area contributed by atoms with Crippen molar-refractivity contribution in [2.24, 2.45) is 0 Å². The molecule has 0 bridgehead atoms. The topological polar surface area (TPSA) is 76.0 Å². The van der Waals surface area contributed by atoms with Crippen LogP contribution < -0.4 is 9.47 Å². The van der Waals surface area contributed by atoms with E-state index in [0.29, 0.717) is 11.8 Å². The minimum absolute atomic E-state index is 0.101. The van der Waals surface area contributed by atoms with Gasteiger partial charge in [-0.1, -0.05) is 0 Å². The van der Waals surface area contributed by atoms with Crippen LogP contribution in [0.5, 0.6) is 17.2 Å². The number of carbonyl (C=O) groups excluding carboxylic acids is 1. The zero-order valence-corrected chi connectivity index (χ0v) is 8.85. The second kappa shape index (κ2) is 6.67. The monoisotopic (exact) mass is 214 g/mol. The Morgan fingerprint density at radius 3 is 1.80 bits per heavy atom. The number of rotatable bonds is 3. The molecular weight excluding hydrogens is 200 g/mol. The third-order valence-electron chi connectivity index (χ3n) is 1.64. The molecule has 0 aliphatic heterocycles. The number of hydrogen-bond donors (Lipinski definition) is 2. The number of ether oxygens (including phenoxy) is 2. The van der Waals surface area contributed by atoms with Crippen LogP contribution in [0, 0.1) is 0 Å². The van der Waals surface area contributed by atoms with Crippen molar-refractivity contribution < 1.29 is 24.5 Å². The molecule has 0 saturated carbocycles. The van der Waals surface area contributed by atoms with Crippen LogP contribution in [0.1, 0.15) is 10.4 Å². The third kappa shape index (κ3) is 3.14. The van der Waals surface area contributed by atoms with Gasteiger partial charge < -0.3 is 19.7 Å². The lowest BCUT2D eigenvalue weighted by atomic mass is 10.2. The largest absolute Gasteiger partial charge is 0.502 e. The highest BCUT2D eigenvalue weighted by molar-refractivity contribution is 5.78. The van der Waals surface area contributed by atoms with Gasteiger partial charge in [0, 0.05) is 12.7 Å². The predicted molar refractivity (Wildman–Crippen MR) is 54.7 cm³/mol. The van der Waals surface area contributed by atoms with Gasteiger partial charge in [0.2, 0.25) is 5.75 Å². The van der Waals surface area contributed by atoms with Gasteiger partial charge in [0.1, 0.15) is 6.29 Å². The molecular formula is C10H14O5. The second-order valence-corrected chi connectivity index (χ2v) is 2.39. The van der Waals surface area contributed by atoms with Crippen molar-refractivity contribution in [1.29, 1.82) is 0 Å². The lowest BCUT2D eigenvalue weighted by Crippen LogP contribution is -1.91. The molecule has 5 nitrogen and oxygen atoms in total. The Kier molecular flexibility index (Phi) is 5.89. The number of aliphatic hydroxyl groups excluding tert-OH is 1. The van der Waals surface area contributed by atoms with Crippen LogP contribution in [-0.2, 0) is 0 Å². The first kappa shape index (κ1) is 13.2. The molecule has 0 saturated heterocycles. The molecule has 0 aromatic heterocycles. The zero-order valence-electron chi connectivity index (χ0n) is 8.85. The molecule has 84 valence electrons. The molecule has 0 atom stereocenters. The Hall–Kier alpha value is -1.75. The first-order valence-electron chi connectivity index (χ1n) is 4.07. The van der Waals surface area contributed by atoms with Gasteiger partial charge in [-0.25, -0.2) is 0 Å². The molecule has 0 spiro atoms. The van der Waals surface area contributed by atoms with E-state index in [0.717, 1.165) is 7.11 Å². The number of methoxy groups -OCH3 is 2. The van der Waals surface area contributed by atoms with E-state index < -0.39 is 0 Å². The highest BCUT2D eigenvalue weighted by Gasteiger charge is 2.10. The molecule has 15 heavy (non-hydrogen) atoms. The smallest absolute Gasteiger partial charge is 0.200 e. The van der Waals surface area contributed by atoms with Crippen LogP contribution in [0.2, 0.25) is 0 Å². The van der Waals surface area contributed by atoms with E-state index in [2.05, 4.69) is 0 Å². The number of hydrogen-bond acceptors (Lipinski definition) is 5. The SMILES string of the molecule is CO.COc1cc(C=O)cc(OC)c1O. The van der Waals surface area contributed by atoms with E-state index >= 15 is 0 Å². The molecule has 0 radical (unpaired) electrons. The highest BCUT2D eigenvalue weighted by Crippen LogP contribution is 2.36. The lowest BCUT2D eigenvalue weighted by Gasteiger charge is -2.08. The standard InChI is InChI=1S/C9H10O4.CH4O/c1-12-7-3-6(5-10)4-8(13-2)9(7)11;1-2/h3-5,11H,1-2H3;2H,1H3. The Morgan fingerprint density at radius 1 is 1.13 bits per heavy atom. The molecule has 0 fully saturated rings. The molecule has 0 unspecified atom stereocenters. The maximum atomic E-state index is 10.5. The summed E-state index contributed by atoms with van der Waals surface area (Å²) in [6, 6.07) is 2.87. The fraction of sp³-hybridized carbons (Fsp3) is 0.300. The molecule has 0 heterocycles. The van der Waals surface area contributed by atoms with Crippen LogP contribution in [-0.4, -0.2) is 37.8 Å². The summed E-state index contributed by atoms with van der Waals surface area (Å²) in [4.78, 5) is 10.5. The lowest BCUT2D eigenvalue weighted by molar-refractivity contribution is 0.112. The van der Waals surface area contributed by atoms with Gasteiger partial charge in [-0.2, -0.15) is 0 Å². The molecule has 0 aliphatic carbocycles. The van der Waals surface area contributed by atoms with Gasteiger partial charge in [-0.15, -0.1) is 0 Å². The van der Waals surface area contributed by atoms with Gasteiger partial charge >= 0.3 is 0 Å². The Labute approximate surface area is 87.9 Å². The average molecular weight is 214 g/mol. The summed E-state index contributed by atoms with van der Waals surface area (Å²) in [5.74, 6) is 0.346. The summed E-state index contributed by atoms with van der Waals surface area (Å²) in [7, 11) is 3.81. The van der Waals surface area contributed by atoms with Gasteiger partial charge in [-0.3, -0.25) is 4.79 Å². The average Bonchev–Trinajstić information content (AvgIpc) is 2.32. The van der Waals surface area contributed by atoms with Crippen LogP contribution in [0.15, 0.2) is 12.1 Å². The van der Waals surface area contributed by atoms with Gasteiger partial charge in [0.25, 0.3) is 0 Å². The summed E-state index contributed by atoms with van der Waals surface area (Å²) in [6.45, 7) is 0. The van der Waals surface area contributed by atoms with Crippen LogP contribution in [0.3, 0.4) is 0 Å². The molecule has 0 aliphatic rings. The van der Waals surface area contributed by atoms with E-state index in [-0.39, 0.29) is 17.2 Å². The van der Waals surface area contributed by atoms with Crippen LogP contribution in [0.4, 0.5) is 0 Å². The maximum absolute atomic E-state index is 10.5. The Morgan fingerprint density at radius 2 is 1.53 bits per heavy atom. The minimum atomic E-state index is -0.101. The highest BCUT2D eigenvalue weighted by atomic mass is 16.5. The number of phenols is 1. The van der Waals surface area contributed by atoms with Crippen LogP contribution >= 0.6 is 0 Å². The van der Waals surface area contributed by atoms with Crippen molar-refractivity contribution in [2.45, 2.75) is 0 Å². The maximum Gasteiger partial charge on any atom is 0.200 e. The van der Waals surface area contributed by atoms with E-state index in [1.807, 2.05) is 0 Å². The van der Waals surface area contributed by atoms with Gasteiger partial charge in [0.05, 0.1) is 14.2 Å². The van der Waals surface area contributed by atoms with E-state index in [9.17, 15) is 9.90 Å². The molecule has 1 aromatic rings. The molecule has 1 aromatic carbocycles. The number of benzene rings is 1. The summed E-state index contributed by atoms with van der Waals surface area (Å²) < 4.78 is 9.68. The molecule has 2 N–H and O–H groups in total. The summed E-state index contributed by atoms with van der Waals surface area (Å²) in [5, 5.41) is 16.4. The number of aromatic hydroxyl groups is 1. The molecule has 1 rings (SSSR count). The molecule has 5 heteroatoms. The summed E-state index contributed by atoms with van der Waals surface area (Å²) in [6.07, 6.45) is 0.657. The third-order valence-corrected chi connectivity index (χ3v) is 1.64. The summed E-state index contributed by atoms with van der Waals surface area (Å²) >= 11 is 0. The number of phenolic OH excluding ortho intramolecular Hbond substituents is 1.